The van der Waals surface area contributed by atoms with Crippen LogP contribution in [0.4, 0.5) is 8.78 Å². The molecule has 4 nitrogen and oxygen atoms in total. The van der Waals surface area contributed by atoms with Crippen molar-refractivity contribution in [1.82, 2.24) is 0 Å². The monoisotopic (exact) mass is 230 g/mol. The van der Waals surface area contributed by atoms with Gasteiger partial charge >= 0.3 is 11.2 Å². The normalized spacial score (nSPS) is 13.7. The third-order valence-corrected chi connectivity index (χ3v) is 2.02. The minimum atomic E-state index is -3.89. The summed E-state index contributed by atoms with van der Waals surface area (Å²) >= 11 is -3.31. The van der Waals surface area contributed by atoms with E-state index >= 15 is 0 Å². The summed E-state index contributed by atoms with van der Waals surface area (Å²) < 4.78 is 47.0. The molecule has 1 N–H and O–H groups in total. The summed E-state index contributed by atoms with van der Waals surface area (Å²) in [6, 6.07) is 0. The fourth-order valence-corrected chi connectivity index (χ4v) is 0.768. The molecule has 0 radical (unpaired) electrons. The highest BCUT2D eigenvalue weighted by molar-refractivity contribution is 7.80. The third-order valence-electron chi connectivity index (χ3n) is 1.39. The van der Waals surface area contributed by atoms with Crippen molar-refractivity contribution in [2.24, 2.45) is 0 Å². The van der Waals surface area contributed by atoms with Gasteiger partial charge in [0, 0.05) is 6.42 Å². The van der Waals surface area contributed by atoms with Gasteiger partial charge in [-0.25, -0.2) is 4.21 Å². The molecular weight excluding hydrogens is 218 g/mol. The van der Waals surface area contributed by atoms with Crippen LogP contribution in [0.15, 0.2) is 0 Å². The minimum absolute atomic E-state index is 0.0463. The number of ether oxygens (including phenoxy) is 1. The van der Waals surface area contributed by atoms with Crippen molar-refractivity contribution < 1.29 is 27.1 Å². The lowest BCUT2D eigenvalue weighted by Gasteiger charge is -2.11. The third kappa shape index (κ3) is 5.23. The summed E-state index contributed by atoms with van der Waals surface area (Å²) in [5, 5.41) is -3.89. The molecule has 0 aliphatic carbocycles. The topological polar surface area (TPSA) is 63.6 Å². The van der Waals surface area contributed by atoms with Gasteiger partial charge in [-0.15, -0.1) is 0 Å². The average molecular weight is 230 g/mol. The van der Waals surface area contributed by atoms with Crippen molar-refractivity contribution in [2.45, 2.75) is 31.4 Å². The number of unbranched alkanes of at least 4 members (excludes halogenated alkanes) is 1. The highest BCUT2D eigenvalue weighted by Crippen LogP contribution is 2.17. The second-order valence-corrected chi connectivity index (χ2v) is 3.75. The van der Waals surface area contributed by atoms with Crippen molar-refractivity contribution >= 4 is 17.0 Å². The minimum Gasteiger partial charge on any atom is -0.458 e. The number of alkyl halides is 2. The van der Waals surface area contributed by atoms with Crippen molar-refractivity contribution in [3.05, 3.63) is 0 Å². The Hall–Kier alpha value is -0.560. The van der Waals surface area contributed by atoms with Crippen LogP contribution in [-0.4, -0.2) is 26.6 Å². The van der Waals surface area contributed by atoms with Crippen molar-refractivity contribution in [1.29, 1.82) is 0 Å². The molecule has 0 saturated carbocycles. The summed E-state index contributed by atoms with van der Waals surface area (Å²) in [6.45, 7) is 0.489. The van der Waals surface area contributed by atoms with E-state index in [0.29, 0.717) is 6.42 Å². The zero-order valence-electron chi connectivity index (χ0n) is 7.66. The van der Waals surface area contributed by atoms with E-state index < -0.39 is 28.9 Å². The molecule has 0 rings (SSSR count). The molecule has 0 aliphatic rings. The van der Waals surface area contributed by atoms with Gasteiger partial charge in [0.05, 0.1) is 0 Å². The molecule has 1 unspecified atom stereocenters. The van der Waals surface area contributed by atoms with Crippen LogP contribution in [0.5, 0.6) is 0 Å². The van der Waals surface area contributed by atoms with E-state index in [0.717, 1.165) is 6.42 Å². The molecule has 0 heterocycles. The van der Waals surface area contributed by atoms with Crippen LogP contribution in [0, 0.1) is 0 Å². The Balaban J connectivity index is 3.82. The Bertz CT molecular complexity index is 220. The summed E-state index contributed by atoms with van der Waals surface area (Å²) in [4.78, 5) is 10.7. The Morgan fingerprint density at radius 3 is 2.57 bits per heavy atom. The number of esters is 1. The van der Waals surface area contributed by atoms with Gasteiger partial charge in [-0.3, -0.25) is 4.79 Å². The molecule has 84 valence electrons. The largest absolute Gasteiger partial charge is 0.458 e. The molecule has 0 spiro atoms. The van der Waals surface area contributed by atoms with Crippen molar-refractivity contribution in [3.63, 3.8) is 0 Å². The van der Waals surface area contributed by atoms with Gasteiger partial charge in [0.15, 0.2) is 6.61 Å². The molecule has 0 aromatic carbocycles. The van der Waals surface area contributed by atoms with Crippen LogP contribution in [0.25, 0.3) is 0 Å². The lowest BCUT2D eigenvalue weighted by molar-refractivity contribution is -0.149. The maximum Gasteiger partial charge on any atom is 0.378 e. The van der Waals surface area contributed by atoms with E-state index in [4.69, 9.17) is 4.55 Å². The highest BCUT2D eigenvalue weighted by Gasteiger charge is 2.38. The first-order chi connectivity index (χ1) is 6.40. The molecule has 0 aromatic heterocycles. The van der Waals surface area contributed by atoms with Gasteiger partial charge < -0.3 is 9.29 Å². The first-order valence-corrected chi connectivity index (χ1v) is 5.15. The molecule has 14 heavy (non-hydrogen) atoms. The van der Waals surface area contributed by atoms with Gasteiger partial charge in [-0.1, -0.05) is 13.3 Å². The number of hydrogen-bond acceptors (Lipinski definition) is 3. The molecular formula is C7H12F2O4S. The number of carbonyl (C=O) groups excluding carboxylic acids is 1. The Kier molecular flexibility index (Phi) is 5.78. The SMILES string of the molecule is CCCCC(=O)OCC(F)(F)S(=O)O. The smallest absolute Gasteiger partial charge is 0.378 e. The first-order valence-electron chi connectivity index (χ1n) is 4.04. The molecule has 0 amide bonds. The molecule has 0 bridgehead atoms. The molecule has 0 saturated heterocycles. The van der Waals surface area contributed by atoms with Gasteiger partial charge in [0.1, 0.15) is 0 Å². The number of rotatable bonds is 6. The van der Waals surface area contributed by atoms with Crippen LogP contribution in [0.1, 0.15) is 26.2 Å². The lowest BCUT2D eigenvalue weighted by Crippen LogP contribution is -2.30. The zero-order chi connectivity index (χ0) is 11.2. The van der Waals surface area contributed by atoms with E-state index in [1.165, 1.54) is 0 Å². The summed E-state index contributed by atoms with van der Waals surface area (Å²) in [6.07, 6.45) is 1.34. The zero-order valence-corrected chi connectivity index (χ0v) is 8.48. The Morgan fingerprint density at radius 1 is 1.57 bits per heavy atom. The summed E-state index contributed by atoms with van der Waals surface area (Å²) in [7, 11) is 0. The van der Waals surface area contributed by atoms with Crippen LogP contribution in [-0.2, 0) is 20.6 Å². The predicted molar refractivity (Wildman–Crippen MR) is 46.2 cm³/mol. The number of halogens is 2. The standard InChI is InChI=1S/C7H12F2O4S/c1-2-3-4-6(10)13-5-7(8,9)14(11)12/h2-5H2,1H3,(H,11,12). The summed E-state index contributed by atoms with van der Waals surface area (Å²) in [5.41, 5.74) is 0. The molecule has 0 aromatic rings. The average Bonchev–Trinajstić information content (AvgIpc) is 2.11. The lowest BCUT2D eigenvalue weighted by atomic mass is 10.2. The fraction of sp³-hybridized carbons (Fsp3) is 0.857. The van der Waals surface area contributed by atoms with E-state index in [2.05, 4.69) is 4.74 Å². The molecule has 7 heteroatoms. The fourth-order valence-electron chi connectivity index (χ4n) is 0.608. The molecule has 0 aliphatic heterocycles. The van der Waals surface area contributed by atoms with E-state index in [1.54, 1.807) is 0 Å². The number of carbonyl (C=O) groups is 1. The predicted octanol–water partition coefficient (Wildman–Crippen LogP) is 1.53. The second kappa shape index (κ2) is 6.02. The second-order valence-electron chi connectivity index (χ2n) is 2.65. The first kappa shape index (κ1) is 13.4. The maximum atomic E-state index is 12.4. The van der Waals surface area contributed by atoms with Crippen molar-refractivity contribution in [3.8, 4) is 0 Å². The van der Waals surface area contributed by atoms with E-state index in [-0.39, 0.29) is 6.42 Å². The number of hydrogen-bond donors (Lipinski definition) is 1. The Morgan fingerprint density at radius 2 is 2.14 bits per heavy atom. The van der Waals surface area contributed by atoms with Gasteiger partial charge in [0.2, 0.25) is 11.1 Å². The van der Waals surface area contributed by atoms with Crippen LogP contribution in [0.2, 0.25) is 0 Å². The Labute approximate surface area is 82.9 Å². The molecule has 1 atom stereocenters. The summed E-state index contributed by atoms with van der Waals surface area (Å²) in [5.74, 6) is -0.781. The quantitative estimate of drug-likeness (QED) is 0.555. The van der Waals surface area contributed by atoms with Gasteiger partial charge in [-0.05, 0) is 6.42 Å². The molecule has 0 fully saturated rings. The maximum absolute atomic E-state index is 12.4. The van der Waals surface area contributed by atoms with Gasteiger partial charge in [-0.2, -0.15) is 8.78 Å². The van der Waals surface area contributed by atoms with Crippen LogP contribution >= 0.6 is 0 Å². The van der Waals surface area contributed by atoms with E-state index in [1.807, 2.05) is 6.92 Å². The van der Waals surface area contributed by atoms with Crippen LogP contribution in [0.3, 0.4) is 0 Å². The van der Waals surface area contributed by atoms with E-state index in [9.17, 15) is 17.8 Å². The van der Waals surface area contributed by atoms with Crippen LogP contribution < -0.4 is 0 Å². The highest BCUT2D eigenvalue weighted by atomic mass is 32.2. The van der Waals surface area contributed by atoms with Gasteiger partial charge in [0.25, 0.3) is 0 Å². The van der Waals surface area contributed by atoms with Crippen molar-refractivity contribution in [2.75, 3.05) is 6.61 Å².